The Hall–Kier alpha value is -3.29. The summed E-state index contributed by atoms with van der Waals surface area (Å²) in [6.07, 6.45) is 1.59. The quantitative estimate of drug-likeness (QED) is 0.430. The van der Waals surface area contributed by atoms with Crippen molar-refractivity contribution in [2.24, 2.45) is 0 Å². The Balaban J connectivity index is 1.48. The summed E-state index contributed by atoms with van der Waals surface area (Å²) in [5.41, 5.74) is 1.41. The number of carbonyl (C=O) groups is 1. The normalized spacial score (nSPS) is 11.4. The second-order valence-corrected chi connectivity index (χ2v) is 7.32. The summed E-state index contributed by atoms with van der Waals surface area (Å²) >= 11 is 7.40. The van der Waals surface area contributed by atoms with Crippen LogP contribution in [0.2, 0.25) is 0 Å². The Bertz CT molecular complexity index is 1170. The van der Waals surface area contributed by atoms with Gasteiger partial charge < -0.3 is 9.73 Å². The van der Waals surface area contributed by atoms with Crippen molar-refractivity contribution in [2.75, 3.05) is 5.32 Å². The molecule has 2 heterocycles. The molecule has 0 atom stereocenters. The number of benzene rings is 2. The van der Waals surface area contributed by atoms with E-state index in [1.165, 1.54) is 12.1 Å². The van der Waals surface area contributed by atoms with Crippen molar-refractivity contribution in [3.05, 3.63) is 88.3 Å². The average molecular weight is 426 g/mol. The van der Waals surface area contributed by atoms with Crippen molar-refractivity contribution in [1.29, 1.82) is 0 Å². The van der Waals surface area contributed by atoms with Crippen molar-refractivity contribution in [3.8, 4) is 11.3 Å². The van der Waals surface area contributed by atoms with Gasteiger partial charge in [0.25, 0.3) is 5.91 Å². The molecule has 0 aliphatic carbocycles. The summed E-state index contributed by atoms with van der Waals surface area (Å²) in [7, 11) is 0. The summed E-state index contributed by atoms with van der Waals surface area (Å²) in [5.74, 6) is 0.411. The molecule has 0 aliphatic rings. The fourth-order valence-electron chi connectivity index (χ4n) is 2.50. The number of nitrogens with zero attached hydrogens (tertiary/aromatic N) is 2. The number of amides is 1. The molecular weight excluding hydrogens is 413 g/mol. The number of aromatic nitrogens is 2. The maximum Gasteiger partial charge on any atom is 0.286 e. The van der Waals surface area contributed by atoms with Crippen LogP contribution in [0.1, 0.15) is 20.6 Å². The van der Waals surface area contributed by atoms with Crippen LogP contribution in [0, 0.1) is 5.82 Å². The molecule has 2 aromatic carbocycles. The van der Waals surface area contributed by atoms with E-state index in [2.05, 4.69) is 15.5 Å². The fourth-order valence-corrected chi connectivity index (χ4v) is 3.41. The molecule has 0 bridgehead atoms. The second kappa shape index (κ2) is 8.38. The van der Waals surface area contributed by atoms with Gasteiger partial charge in [-0.25, -0.2) is 4.39 Å². The molecule has 0 aliphatic heterocycles. The Kier molecular flexibility index (Phi) is 5.50. The first kappa shape index (κ1) is 19.0. The maximum atomic E-state index is 13.1. The molecule has 2 aromatic heterocycles. The van der Waals surface area contributed by atoms with Crippen molar-refractivity contribution < 1.29 is 13.6 Å². The number of para-hydroxylation sites is 1. The first-order valence-electron chi connectivity index (χ1n) is 8.52. The summed E-state index contributed by atoms with van der Waals surface area (Å²) in [5, 5.41) is 11.5. The Labute approximate surface area is 174 Å². The SMILES string of the molecule is O=C(Nc1ccccc1)c1nnc(/C(Cl)=C\c2ccc(-c3ccc(F)cc3)o2)s1. The summed E-state index contributed by atoms with van der Waals surface area (Å²) in [6.45, 7) is 0. The van der Waals surface area contributed by atoms with E-state index in [0.29, 0.717) is 27.2 Å². The molecule has 1 N–H and O–H groups in total. The number of furan rings is 1. The highest BCUT2D eigenvalue weighted by molar-refractivity contribution is 7.15. The van der Waals surface area contributed by atoms with Crippen LogP contribution in [0.5, 0.6) is 0 Å². The summed E-state index contributed by atoms with van der Waals surface area (Å²) in [6, 6.07) is 18.6. The summed E-state index contributed by atoms with van der Waals surface area (Å²) < 4.78 is 18.8. The highest BCUT2D eigenvalue weighted by Gasteiger charge is 2.15. The van der Waals surface area contributed by atoms with E-state index in [9.17, 15) is 9.18 Å². The van der Waals surface area contributed by atoms with Crippen LogP contribution in [0.4, 0.5) is 10.1 Å². The van der Waals surface area contributed by atoms with Gasteiger partial charge in [0.2, 0.25) is 5.01 Å². The van der Waals surface area contributed by atoms with Crippen LogP contribution < -0.4 is 5.32 Å². The Morgan fingerprint density at radius 2 is 1.72 bits per heavy atom. The van der Waals surface area contributed by atoms with E-state index in [-0.39, 0.29) is 16.7 Å². The molecule has 4 rings (SSSR count). The standard InChI is InChI=1S/C21H13ClFN3O2S/c22-17(12-16-10-11-18(28-16)13-6-8-14(23)9-7-13)20-25-26-21(29-20)19(27)24-15-4-2-1-3-5-15/h1-12H,(H,24,27)/b17-12+. The van der Waals surface area contributed by atoms with E-state index < -0.39 is 0 Å². The third kappa shape index (κ3) is 4.59. The van der Waals surface area contributed by atoms with Gasteiger partial charge in [0.05, 0.1) is 5.03 Å². The van der Waals surface area contributed by atoms with Crippen LogP contribution >= 0.6 is 22.9 Å². The molecule has 29 heavy (non-hydrogen) atoms. The minimum absolute atomic E-state index is 0.196. The molecule has 8 heteroatoms. The van der Waals surface area contributed by atoms with Crippen LogP contribution in [-0.4, -0.2) is 16.1 Å². The Morgan fingerprint density at radius 3 is 2.48 bits per heavy atom. The third-order valence-corrected chi connectivity index (χ3v) is 5.24. The monoisotopic (exact) mass is 425 g/mol. The number of anilines is 1. The van der Waals surface area contributed by atoms with Crippen molar-refractivity contribution in [1.82, 2.24) is 10.2 Å². The van der Waals surface area contributed by atoms with E-state index >= 15 is 0 Å². The van der Waals surface area contributed by atoms with Gasteiger partial charge in [0.1, 0.15) is 17.3 Å². The third-order valence-electron chi connectivity index (χ3n) is 3.88. The van der Waals surface area contributed by atoms with Crippen LogP contribution in [-0.2, 0) is 0 Å². The van der Waals surface area contributed by atoms with Crippen molar-refractivity contribution in [2.45, 2.75) is 0 Å². The van der Waals surface area contributed by atoms with Gasteiger partial charge in [0, 0.05) is 17.3 Å². The van der Waals surface area contributed by atoms with Gasteiger partial charge in [0.15, 0.2) is 5.01 Å². The summed E-state index contributed by atoms with van der Waals surface area (Å²) in [4.78, 5) is 12.3. The van der Waals surface area contributed by atoms with E-state index in [1.807, 2.05) is 18.2 Å². The smallest absolute Gasteiger partial charge is 0.286 e. The first-order chi connectivity index (χ1) is 14.1. The number of nitrogens with one attached hydrogen (secondary N) is 1. The van der Waals surface area contributed by atoms with Crippen LogP contribution in [0.15, 0.2) is 71.1 Å². The molecular formula is C21H13ClFN3O2S. The molecule has 0 spiro atoms. The number of carbonyl (C=O) groups excluding carboxylic acids is 1. The lowest BCUT2D eigenvalue weighted by atomic mass is 10.2. The maximum absolute atomic E-state index is 13.1. The van der Waals surface area contributed by atoms with Gasteiger partial charge in [-0.2, -0.15) is 0 Å². The predicted molar refractivity (Wildman–Crippen MR) is 112 cm³/mol. The van der Waals surface area contributed by atoms with Crippen LogP contribution in [0.3, 0.4) is 0 Å². The minimum Gasteiger partial charge on any atom is -0.457 e. The second-order valence-electron chi connectivity index (χ2n) is 5.93. The van der Waals surface area contributed by atoms with Crippen LogP contribution in [0.25, 0.3) is 22.4 Å². The topological polar surface area (TPSA) is 68.0 Å². The zero-order valence-electron chi connectivity index (χ0n) is 14.8. The minimum atomic E-state index is -0.360. The van der Waals surface area contributed by atoms with Crippen molar-refractivity contribution in [3.63, 3.8) is 0 Å². The zero-order chi connectivity index (χ0) is 20.2. The largest absolute Gasteiger partial charge is 0.457 e. The fraction of sp³-hybridized carbons (Fsp3) is 0. The number of rotatable bonds is 5. The predicted octanol–water partition coefficient (Wildman–Crippen LogP) is 5.93. The molecule has 0 saturated heterocycles. The molecule has 4 aromatic rings. The molecule has 1 amide bonds. The van der Waals surface area contributed by atoms with Gasteiger partial charge in [-0.05, 0) is 48.5 Å². The number of hydrogen-bond donors (Lipinski definition) is 1. The first-order valence-corrected chi connectivity index (χ1v) is 9.71. The van der Waals surface area contributed by atoms with E-state index in [0.717, 1.165) is 16.9 Å². The van der Waals surface area contributed by atoms with Gasteiger partial charge in [-0.3, -0.25) is 4.79 Å². The van der Waals surface area contributed by atoms with Crippen molar-refractivity contribution >= 4 is 45.6 Å². The van der Waals surface area contributed by atoms with E-state index in [4.69, 9.17) is 16.0 Å². The number of halogens is 2. The molecule has 144 valence electrons. The Morgan fingerprint density at radius 1 is 1.00 bits per heavy atom. The lowest BCUT2D eigenvalue weighted by Crippen LogP contribution is -2.11. The molecule has 0 fully saturated rings. The lowest BCUT2D eigenvalue weighted by Gasteiger charge is -2.00. The lowest BCUT2D eigenvalue weighted by molar-refractivity contribution is 0.102. The zero-order valence-corrected chi connectivity index (χ0v) is 16.4. The highest BCUT2D eigenvalue weighted by atomic mass is 35.5. The highest BCUT2D eigenvalue weighted by Crippen LogP contribution is 2.28. The van der Waals surface area contributed by atoms with Gasteiger partial charge >= 0.3 is 0 Å². The number of hydrogen-bond acceptors (Lipinski definition) is 5. The molecule has 0 radical (unpaired) electrons. The molecule has 0 saturated carbocycles. The van der Waals surface area contributed by atoms with Gasteiger partial charge in [-0.1, -0.05) is 41.1 Å². The van der Waals surface area contributed by atoms with E-state index in [1.54, 1.807) is 42.5 Å². The average Bonchev–Trinajstić information content (AvgIpc) is 3.39. The molecule has 5 nitrogen and oxygen atoms in total. The molecule has 0 unspecified atom stereocenters. The van der Waals surface area contributed by atoms with Gasteiger partial charge in [-0.15, -0.1) is 10.2 Å².